The van der Waals surface area contributed by atoms with E-state index in [0.29, 0.717) is 0 Å². The smallest absolute Gasteiger partial charge is 0.0540 e. The zero-order chi connectivity index (χ0) is 33.7. The van der Waals surface area contributed by atoms with Crippen molar-refractivity contribution in [2.45, 2.75) is 19.3 Å². The predicted molar refractivity (Wildman–Crippen MR) is 213 cm³/mol. The van der Waals surface area contributed by atoms with Crippen LogP contribution in [0.3, 0.4) is 0 Å². The summed E-state index contributed by atoms with van der Waals surface area (Å²) in [5, 5.41) is 2.45. The third kappa shape index (κ3) is 5.02. The summed E-state index contributed by atoms with van der Waals surface area (Å²) in [7, 11) is 0. The first-order valence-electron chi connectivity index (χ1n) is 17.4. The Hall–Kier alpha value is -6.18. The van der Waals surface area contributed by atoms with E-state index in [2.05, 4.69) is 207 Å². The summed E-state index contributed by atoms with van der Waals surface area (Å²) in [6.07, 6.45) is 0. The third-order valence-corrected chi connectivity index (χ3v) is 10.5. The van der Waals surface area contributed by atoms with E-state index < -0.39 is 0 Å². The van der Waals surface area contributed by atoms with Crippen molar-refractivity contribution in [2.75, 3.05) is 4.90 Å². The largest absolute Gasteiger partial charge is 0.310 e. The molecular formula is C49H37N. The molecule has 1 heteroatoms. The van der Waals surface area contributed by atoms with Gasteiger partial charge in [-0.05, 0) is 97.2 Å². The molecule has 0 spiro atoms. The van der Waals surface area contributed by atoms with E-state index in [0.717, 1.165) is 17.1 Å². The summed E-state index contributed by atoms with van der Waals surface area (Å²) < 4.78 is 0. The fourth-order valence-corrected chi connectivity index (χ4v) is 7.93. The van der Waals surface area contributed by atoms with Gasteiger partial charge in [0.15, 0.2) is 0 Å². The van der Waals surface area contributed by atoms with Crippen LogP contribution in [0.25, 0.3) is 55.3 Å². The molecule has 1 nitrogen and oxygen atoms in total. The standard InChI is InChI=1S/C49H37N/c1-49(2)45-23-10-8-21-44(45)48-43(22-13-24-46(48)49)42-20-9-11-25-47(42)50(41-31-28-35-16-6-7-17-39(35)33-41)40-29-26-36(27-30-40)38-19-12-18-37(32-38)34-14-4-3-5-15-34/h3-33H,1-2H3. The first-order valence-corrected chi connectivity index (χ1v) is 17.4. The Bertz CT molecular complexity index is 2510. The number of benzene rings is 8. The number of nitrogens with zero attached hydrogens (tertiary/aromatic N) is 1. The van der Waals surface area contributed by atoms with Crippen LogP contribution in [0.4, 0.5) is 17.1 Å². The van der Waals surface area contributed by atoms with Crippen LogP contribution in [0.15, 0.2) is 188 Å². The SMILES string of the molecule is CC1(C)c2ccccc2-c2c(-c3ccccc3N(c3ccc(-c4cccc(-c5ccccc5)c4)cc3)c3ccc4ccccc4c3)cccc21. The lowest BCUT2D eigenvalue weighted by atomic mass is 9.82. The van der Waals surface area contributed by atoms with E-state index in [1.807, 2.05) is 0 Å². The van der Waals surface area contributed by atoms with Gasteiger partial charge in [-0.15, -0.1) is 0 Å². The Kier molecular flexibility index (Phi) is 7.21. The normalized spacial score (nSPS) is 12.8. The van der Waals surface area contributed by atoms with Crippen molar-refractivity contribution in [3.8, 4) is 44.5 Å². The number of fused-ring (bicyclic) bond motifs is 4. The zero-order valence-electron chi connectivity index (χ0n) is 28.3. The molecule has 0 aliphatic heterocycles. The molecular weight excluding hydrogens is 603 g/mol. The molecule has 0 N–H and O–H groups in total. The highest BCUT2D eigenvalue weighted by Gasteiger charge is 2.37. The van der Waals surface area contributed by atoms with Gasteiger partial charge in [-0.3, -0.25) is 0 Å². The molecule has 238 valence electrons. The molecule has 0 unspecified atom stereocenters. The number of anilines is 3. The van der Waals surface area contributed by atoms with Crippen LogP contribution in [-0.4, -0.2) is 0 Å². The summed E-state index contributed by atoms with van der Waals surface area (Å²) >= 11 is 0. The Balaban J connectivity index is 1.21. The van der Waals surface area contributed by atoms with Gasteiger partial charge in [-0.1, -0.05) is 166 Å². The van der Waals surface area contributed by atoms with Crippen LogP contribution in [0.5, 0.6) is 0 Å². The van der Waals surface area contributed by atoms with Crippen LogP contribution >= 0.6 is 0 Å². The van der Waals surface area contributed by atoms with Gasteiger partial charge >= 0.3 is 0 Å². The first kappa shape index (κ1) is 29.9. The first-order chi connectivity index (χ1) is 24.6. The molecule has 0 bridgehead atoms. The molecule has 50 heavy (non-hydrogen) atoms. The summed E-state index contributed by atoms with van der Waals surface area (Å²) in [4.78, 5) is 2.43. The predicted octanol–water partition coefficient (Wildman–Crippen LogP) is 13.6. The molecule has 0 fully saturated rings. The molecule has 0 amide bonds. The molecule has 1 aliphatic carbocycles. The van der Waals surface area contributed by atoms with Crippen LogP contribution in [0.1, 0.15) is 25.0 Å². The van der Waals surface area contributed by atoms with Gasteiger partial charge in [0.05, 0.1) is 5.69 Å². The van der Waals surface area contributed by atoms with Crippen molar-refractivity contribution in [1.29, 1.82) is 0 Å². The van der Waals surface area contributed by atoms with Crippen LogP contribution < -0.4 is 4.90 Å². The lowest BCUT2D eigenvalue weighted by Gasteiger charge is -2.29. The van der Waals surface area contributed by atoms with Crippen molar-refractivity contribution >= 4 is 27.8 Å². The molecule has 9 rings (SSSR count). The Labute approximate surface area is 294 Å². The molecule has 0 saturated heterocycles. The fourth-order valence-electron chi connectivity index (χ4n) is 7.93. The number of hydrogen-bond acceptors (Lipinski definition) is 1. The Morgan fingerprint density at radius 1 is 0.360 bits per heavy atom. The maximum Gasteiger partial charge on any atom is 0.0540 e. The van der Waals surface area contributed by atoms with Gasteiger partial charge < -0.3 is 4.90 Å². The Morgan fingerprint density at radius 2 is 0.920 bits per heavy atom. The highest BCUT2D eigenvalue weighted by Crippen LogP contribution is 2.53. The minimum Gasteiger partial charge on any atom is -0.310 e. The van der Waals surface area contributed by atoms with Crippen LogP contribution in [0, 0.1) is 0 Å². The van der Waals surface area contributed by atoms with E-state index in [4.69, 9.17) is 0 Å². The summed E-state index contributed by atoms with van der Waals surface area (Å²) in [6, 6.07) is 68.6. The van der Waals surface area contributed by atoms with E-state index >= 15 is 0 Å². The zero-order valence-corrected chi connectivity index (χ0v) is 28.3. The second-order valence-electron chi connectivity index (χ2n) is 13.8. The lowest BCUT2D eigenvalue weighted by Crippen LogP contribution is -2.14. The minimum absolute atomic E-state index is 0.0669. The average Bonchev–Trinajstić information content (AvgIpc) is 3.42. The number of rotatable bonds is 6. The quantitative estimate of drug-likeness (QED) is 0.175. The topological polar surface area (TPSA) is 3.24 Å². The number of hydrogen-bond donors (Lipinski definition) is 0. The molecule has 8 aromatic rings. The second kappa shape index (κ2) is 12.1. The fraction of sp³-hybridized carbons (Fsp3) is 0.0612. The highest BCUT2D eigenvalue weighted by atomic mass is 15.1. The van der Waals surface area contributed by atoms with Crippen molar-refractivity contribution in [3.05, 3.63) is 199 Å². The maximum atomic E-state index is 2.43. The molecule has 0 radical (unpaired) electrons. The molecule has 1 aliphatic rings. The highest BCUT2D eigenvalue weighted by molar-refractivity contribution is 5.99. The van der Waals surface area contributed by atoms with Crippen LogP contribution in [0.2, 0.25) is 0 Å². The van der Waals surface area contributed by atoms with E-state index in [-0.39, 0.29) is 5.41 Å². The van der Waals surface area contributed by atoms with Gasteiger partial charge in [-0.25, -0.2) is 0 Å². The Morgan fingerprint density at radius 3 is 1.72 bits per heavy atom. The van der Waals surface area contributed by atoms with Gasteiger partial charge in [-0.2, -0.15) is 0 Å². The van der Waals surface area contributed by atoms with Crippen molar-refractivity contribution in [3.63, 3.8) is 0 Å². The van der Waals surface area contributed by atoms with Gasteiger partial charge in [0.1, 0.15) is 0 Å². The minimum atomic E-state index is -0.0669. The second-order valence-corrected chi connectivity index (χ2v) is 13.8. The summed E-state index contributed by atoms with van der Waals surface area (Å²) in [5.41, 5.74) is 16.1. The third-order valence-electron chi connectivity index (χ3n) is 10.5. The van der Waals surface area contributed by atoms with E-state index in [1.165, 1.54) is 66.4 Å². The summed E-state index contributed by atoms with van der Waals surface area (Å²) in [6.45, 7) is 4.71. The van der Waals surface area contributed by atoms with Gasteiger partial charge in [0.25, 0.3) is 0 Å². The number of para-hydroxylation sites is 1. The summed E-state index contributed by atoms with van der Waals surface area (Å²) in [5.74, 6) is 0. The molecule has 0 heterocycles. The molecule has 0 saturated carbocycles. The average molecular weight is 640 g/mol. The van der Waals surface area contributed by atoms with E-state index in [1.54, 1.807) is 0 Å². The van der Waals surface area contributed by atoms with E-state index in [9.17, 15) is 0 Å². The van der Waals surface area contributed by atoms with Gasteiger partial charge in [0, 0.05) is 22.4 Å². The van der Waals surface area contributed by atoms with Crippen molar-refractivity contribution < 1.29 is 0 Å². The monoisotopic (exact) mass is 639 g/mol. The van der Waals surface area contributed by atoms with Crippen molar-refractivity contribution in [2.24, 2.45) is 0 Å². The molecule has 8 aromatic carbocycles. The maximum absolute atomic E-state index is 2.43. The molecule has 0 aromatic heterocycles. The van der Waals surface area contributed by atoms with Gasteiger partial charge in [0.2, 0.25) is 0 Å². The van der Waals surface area contributed by atoms with Crippen molar-refractivity contribution in [1.82, 2.24) is 0 Å². The van der Waals surface area contributed by atoms with Crippen LogP contribution in [-0.2, 0) is 5.41 Å². The molecule has 0 atom stereocenters. The lowest BCUT2D eigenvalue weighted by molar-refractivity contribution is 0.660.